The first-order valence-corrected chi connectivity index (χ1v) is 10.3. The van der Waals surface area contributed by atoms with Gasteiger partial charge in [-0.3, -0.25) is 9.59 Å². The Bertz CT molecular complexity index is 1010. The number of aldehydes is 1. The normalized spacial score (nSPS) is 18.7. The van der Waals surface area contributed by atoms with Crippen molar-refractivity contribution in [2.45, 2.75) is 37.6 Å². The second-order valence-corrected chi connectivity index (χ2v) is 7.61. The Labute approximate surface area is 175 Å². The number of hydrogen-bond donors (Lipinski definition) is 3. The number of aromatic nitrogens is 2. The number of H-pyrrole nitrogens is 1. The van der Waals surface area contributed by atoms with Crippen molar-refractivity contribution in [3.63, 3.8) is 0 Å². The van der Waals surface area contributed by atoms with E-state index in [0.29, 0.717) is 29.2 Å². The Morgan fingerprint density at radius 3 is 2.93 bits per heavy atom. The highest BCUT2D eigenvalue weighted by Crippen LogP contribution is 2.33. The van der Waals surface area contributed by atoms with Gasteiger partial charge in [-0.15, -0.1) is 0 Å². The lowest BCUT2D eigenvalue weighted by molar-refractivity contribution is -0.109. The zero-order valence-electron chi connectivity index (χ0n) is 17.0. The van der Waals surface area contributed by atoms with Gasteiger partial charge in [-0.25, -0.2) is 4.98 Å². The smallest absolute Gasteiger partial charge is 0.251 e. The molecule has 0 radical (unpaired) electrons. The number of carbonyl (C=O) groups excluding carboxylic acids is 2. The van der Waals surface area contributed by atoms with Gasteiger partial charge in [0.25, 0.3) is 5.91 Å². The molecule has 7 heteroatoms. The second-order valence-electron chi connectivity index (χ2n) is 7.61. The molecule has 2 aromatic carbocycles. The molecule has 3 N–H and O–H groups in total. The lowest BCUT2D eigenvalue weighted by atomic mass is 9.85. The molecule has 30 heavy (non-hydrogen) atoms. The predicted molar refractivity (Wildman–Crippen MR) is 116 cm³/mol. The summed E-state index contributed by atoms with van der Waals surface area (Å²) in [6.07, 6.45) is 4.64. The number of ether oxygens (including phenoxy) is 1. The summed E-state index contributed by atoms with van der Waals surface area (Å²) >= 11 is 0. The average Bonchev–Trinajstić information content (AvgIpc) is 3.22. The van der Waals surface area contributed by atoms with Crippen LogP contribution in [-0.2, 0) is 4.79 Å². The summed E-state index contributed by atoms with van der Waals surface area (Å²) in [6, 6.07) is 13.3. The van der Waals surface area contributed by atoms with Crippen molar-refractivity contribution < 1.29 is 14.3 Å². The summed E-state index contributed by atoms with van der Waals surface area (Å²) in [6.45, 7) is -0.0223. The van der Waals surface area contributed by atoms with Crippen LogP contribution in [0.25, 0.3) is 11.0 Å². The van der Waals surface area contributed by atoms with Crippen LogP contribution in [0.1, 0.15) is 47.8 Å². The van der Waals surface area contributed by atoms with Gasteiger partial charge < -0.3 is 20.4 Å². The van der Waals surface area contributed by atoms with Crippen molar-refractivity contribution in [2.24, 2.45) is 0 Å². The minimum atomic E-state index is -0.108. The maximum Gasteiger partial charge on any atom is 0.251 e. The number of para-hydroxylation sites is 2. The summed E-state index contributed by atoms with van der Waals surface area (Å²) in [5.41, 5.74) is 3.27. The van der Waals surface area contributed by atoms with Crippen LogP contribution in [0.15, 0.2) is 42.5 Å². The van der Waals surface area contributed by atoms with E-state index in [4.69, 9.17) is 9.72 Å². The maximum absolute atomic E-state index is 12.8. The summed E-state index contributed by atoms with van der Waals surface area (Å²) in [7, 11) is 1.75. The number of hydrogen-bond acceptors (Lipinski definition) is 5. The predicted octanol–water partition coefficient (Wildman–Crippen LogP) is 3.64. The van der Waals surface area contributed by atoms with Crippen LogP contribution in [0.4, 0.5) is 5.69 Å². The number of anilines is 1. The van der Waals surface area contributed by atoms with Crippen molar-refractivity contribution >= 4 is 28.9 Å². The van der Waals surface area contributed by atoms with E-state index in [1.165, 1.54) is 0 Å². The molecule has 1 saturated carbocycles. The van der Waals surface area contributed by atoms with E-state index < -0.39 is 0 Å². The number of amides is 1. The van der Waals surface area contributed by atoms with Gasteiger partial charge in [-0.1, -0.05) is 18.6 Å². The van der Waals surface area contributed by atoms with Gasteiger partial charge in [0.15, 0.2) is 6.29 Å². The molecule has 1 aliphatic rings. The Hall–Kier alpha value is -3.35. The number of fused-ring (bicyclic) bond motifs is 1. The highest BCUT2D eigenvalue weighted by Gasteiger charge is 2.27. The van der Waals surface area contributed by atoms with Crippen LogP contribution in [0.3, 0.4) is 0 Å². The molecule has 156 valence electrons. The van der Waals surface area contributed by atoms with Crippen molar-refractivity contribution in [1.82, 2.24) is 15.3 Å². The Kier molecular flexibility index (Phi) is 5.97. The van der Waals surface area contributed by atoms with Crippen LogP contribution >= 0.6 is 0 Å². The molecule has 3 aromatic rings. The lowest BCUT2D eigenvalue weighted by Crippen LogP contribution is -2.38. The van der Waals surface area contributed by atoms with E-state index >= 15 is 0 Å². The maximum atomic E-state index is 12.8. The molecule has 1 aromatic heterocycles. The third-order valence-corrected chi connectivity index (χ3v) is 5.62. The monoisotopic (exact) mass is 406 g/mol. The Morgan fingerprint density at radius 1 is 1.27 bits per heavy atom. The minimum absolute atomic E-state index is 0.0223. The molecular formula is C23H26N4O3. The molecule has 1 fully saturated rings. The fourth-order valence-corrected chi connectivity index (χ4v) is 4.12. The number of aromatic amines is 1. The van der Waals surface area contributed by atoms with Crippen molar-refractivity contribution in [2.75, 3.05) is 19.0 Å². The molecule has 4 rings (SSSR count). The third-order valence-electron chi connectivity index (χ3n) is 5.62. The van der Waals surface area contributed by atoms with Crippen LogP contribution in [0, 0.1) is 0 Å². The molecule has 7 nitrogen and oxygen atoms in total. The van der Waals surface area contributed by atoms with Crippen molar-refractivity contribution in [3.8, 4) is 5.75 Å². The zero-order valence-corrected chi connectivity index (χ0v) is 17.0. The standard InChI is InChI=1S/C23H26N4O3/c1-24-20-14-16(9-10-21(20)30-12-11-28)23(29)25-17-6-4-5-15(13-17)22-26-18-7-2-3-8-19(18)27-22/h2-3,7-11,14-15,17,24H,4-6,12-13H2,1H3,(H,25,29)(H,26,27)/t15?,17-/m0/s1. The van der Waals surface area contributed by atoms with E-state index in [1.807, 2.05) is 24.3 Å². The first-order chi connectivity index (χ1) is 14.7. The van der Waals surface area contributed by atoms with Crippen LogP contribution in [0.5, 0.6) is 5.75 Å². The van der Waals surface area contributed by atoms with Gasteiger partial charge in [0.2, 0.25) is 0 Å². The molecule has 0 spiro atoms. The van der Waals surface area contributed by atoms with Crippen LogP contribution < -0.4 is 15.4 Å². The first kappa shape index (κ1) is 19.9. The molecule has 2 atom stereocenters. The highest BCUT2D eigenvalue weighted by atomic mass is 16.5. The molecule has 0 bridgehead atoms. The van der Waals surface area contributed by atoms with E-state index in [9.17, 15) is 9.59 Å². The second kappa shape index (κ2) is 8.98. The number of imidazole rings is 1. The molecular weight excluding hydrogens is 380 g/mol. The van der Waals surface area contributed by atoms with Gasteiger partial charge in [0, 0.05) is 24.6 Å². The number of carbonyl (C=O) groups is 2. The van der Waals surface area contributed by atoms with Crippen molar-refractivity contribution in [1.29, 1.82) is 0 Å². The van der Waals surface area contributed by atoms with Gasteiger partial charge in [0.05, 0.1) is 16.7 Å². The molecule has 1 unspecified atom stereocenters. The van der Waals surface area contributed by atoms with E-state index in [1.54, 1.807) is 25.2 Å². The summed E-state index contributed by atoms with van der Waals surface area (Å²) in [4.78, 5) is 31.6. The van der Waals surface area contributed by atoms with Gasteiger partial charge >= 0.3 is 0 Å². The van der Waals surface area contributed by atoms with E-state index in [-0.39, 0.29) is 18.6 Å². The summed E-state index contributed by atoms with van der Waals surface area (Å²) < 4.78 is 5.38. The molecule has 1 aliphatic carbocycles. The third kappa shape index (κ3) is 4.30. The lowest BCUT2D eigenvalue weighted by Gasteiger charge is -2.28. The Morgan fingerprint density at radius 2 is 2.13 bits per heavy atom. The summed E-state index contributed by atoms with van der Waals surface area (Å²) in [5.74, 6) is 1.75. The van der Waals surface area contributed by atoms with Crippen LogP contribution in [-0.4, -0.2) is 41.9 Å². The largest absolute Gasteiger partial charge is 0.484 e. The average molecular weight is 406 g/mol. The number of nitrogens with one attached hydrogen (secondary N) is 3. The molecule has 1 amide bonds. The van der Waals surface area contributed by atoms with Gasteiger partial charge in [0.1, 0.15) is 18.2 Å². The topological polar surface area (TPSA) is 96.1 Å². The zero-order chi connectivity index (χ0) is 20.9. The van der Waals surface area contributed by atoms with Gasteiger partial charge in [-0.2, -0.15) is 0 Å². The minimum Gasteiger partial charge on any atom is -0.484 e. The molecule has 0 saturated heterocycles. The fourth-order valence-electron chi connectivity index (χ4n) is 4.12. The van der Waals surface area contributed by atoms with Crippen LogP contribution in [0.2, 0.25) is 0 Å². The highest BCUT2D eigenvalue weighted by molar-refractivity contribution is 5.95. The quantitative estimate of drug-likeness (QED) is 0.521. The fraction of sp³-hybridized carbons (Fsp3) is 0.348. The number of rotatable bonds is 7. The van der Waals surface area contributed by atoms with E-state index in [2.05, 4.69) is 15.6 Å². The number of nitrogens with zero attached hydrogens (tertiary/aromatic N) is 1. The van der Waals surface area contributed by atoms with E-state index in [0.717, 1.165) is 42.5 Å². The SMILES string of the molecule is CNc1cc(C(=O)N[C@H]2CCCC(c3nc4ccccc4[nH]3)C2)ccc1OCC=O. The Balaban J connectivity index is 1.43. The van der Waals surface area contributed by atoms with Gasteiger partial charge in [-0.05, 0) is 49.6 Å². The number of benzene rings is 2. The first-order valence-electron chi connectivity index (χ1n) is 10.3. The molecule has 0 aliphatic heterocycles. The summed E-state index contributed by atoms with van der Waals surface area (Å²) in [5, 5.41) is 6.19. The molecule has 1 heterocycles. The van der Waals surface area contributed by atoms with Crippen molar-refractivity contribution in [3.05, 3.63) is 53.9 Å².